The molecule has 0 saturated heterocycles. The Labute approximate surface area is 190 Å². The number of nitrogens with two attached hydrogens (primary N) is 1. The number of benzene rings is 1. The van der Waals surface area contributed by atoms with Crippen molar-refractivity contribution in [1.82, 2.24) is 0 Å². The number of ether oxygens (including phenoxy) is 1. The topological polar surface area (TPSA) is 161 Å². The first-order chi connectivity index (χ1) is 15.6. The van der Waals surface area contributed by atoms with Gasteiger partial charge < -0.3 is 20.7 Å². The number of ketones is 4. The van der Waals surface area contributed by atoms with Crippen molar-refractivity contribution in [2.75, 3.05) is 6.61 Å². The van der Waals surface area contributed by atoms with E-state index in [1.54, 1.807) is 25.1 Å². The summed E-state index contributed by atoms with van der Waals surface area (Å²) >= 11 is 0. The van der Waals surface area contributed by atoms with Crippen LogP contribution in [0.2, 0.25) is 0 Å². The Kier molecular flexibility index (Phi) is 5.74. The zero-order valence-corrected chi connectivity index (χ0v) is 18.4. The number of hydrogen-bond acceptors (Lipinski definition) is 8. The van der Waals surface area contributed by atoms with E-state index in [0.717, 1.165) is 12.8 Å². The molecule has 0 spiro atoms. The maximum absolute atomic E-state index is 13.6. The highest BCUT2D eigenvalue weighted by atomic mass is 16.5. The van der Waals surface area contributed by atoms with Crippen LogP contribution in [0.5, 0.6) is 5.75 Å². The number of aliphatic hydroxyl groups excluding tert-OH is 1. The van der Waals surface area contributed by atoms with Crippen molar-refractivity contribution in [3.63, 3.8) is 0 Å². The van der Waals surface area contributed by atoms with Gasteiger partial charge in [-0.15, -0.1) is 0 Å². The van der Waals surface area contributed by atoms with Crippen LogP contribution in [-0.4, -0.2) is 57.6 Å². The number of rotatable bonds is 5. The maximum Gasteiger partial charge on any atom is 0.235 e. The van der Waals surface area contributed by atoms with E-state index in [1.165, 1.54) is 0 Å². The van der Waals surface area contributed by atoms with Crippen LogP contribution in [0.15, 0.2) is 18.2 Å². The van der Waals surface area contributed by atoms with Crippen molar-refractivity contribution in [1.29, 1.82) is 0 Å². The van der Waals surface area contributed by atoms with Crippen molar-refractivity contribution in [3.05, 3.63) is 29.3 Å². The van der Waals surface area contributed by atoms with E-state index in [9.17, 15) is 34.2 Å². The van der Waals surface area contributed by atoms with Crippen LogP contribution >= 0.6 is 0 Å². The van der Waals surface area contributed by atoms with E-state index >= 15 is 0 Å². The number of aliphatic hydroxyl groups is 2. The predicted octanol–water partition coefficient (Wildman–Crippen LogP) is 0.332. The fourth-order valence-corrected chi connectivity index (χ4v) is 5.75. The Balaban J connectivity index is 1.82. The Morgan fingerprint density at radius 1 is 1.21 bits per heavy atom. The molecule has 33 heavy (non-hydrogen) atoms. The third-order valence-corrected chi connectivity index (χ3v) is 7.46. The van der Waals surface area contributed by atoms with Crippen LogP contribution in [0.1, 0.15) is 54.9 Å². The molecule has 1 amide bonds. The number of unbranched alkanes of at least 4 members (excludes halogenated alkanes) is 1. The van der Waals surface area contributed by atoms with E-state index in [0.29, 0.717) is 17.9 Å². The van der Waals surface area contributed by atoms with Crippen molar-refractivity contribution in [2.45, 2.75) is 50.7 Å². The molecular formula is C24H27NO8. The number of hydrogen-bond donors (Lipinski definition) is 3. The second kappa shape index (κ2) is 8.14. The SMILES string of the molecule is CCCCOc1cccc2c1C(=O)C1C(=O)[C@]3(O)C(=O)C(C(N)=O)C(=O)C[C@@H]3[C@@H](O)[C@@H]1[C@H]2C. The van der Waals surface area contributed by atoms with E-state index in [-0.39, 0.29) is 5.56 Å². The number of Topliss-reactive ketones (excluding diaryl/α,β-unsaturated/α-hetero) is 4. The fourth-order valence-electron chi connectivity index (χ4n) is 5.75. The minimum Gasteiger partial charge on any atom is -0.493 e. The predicted molar refractivity (Wildman–Crippen MR) is 113 cm³/mol. The number of carbonyl (C=O) groups is 5. The van der Waals surface area contributed by atoms with E-state index in [1.807, 2.05) is 6.92 Å². The van der Waals surface area contributed by atoms with Crippen LogP contribution in [0.3, 0.4) is 0 Å². The van der Waals surface area contributed by atoms with Gasteiger partial charge in [0, 0.05) is 18.3 Å². The van der Waals surface area contributed by atoms with Crippen LogP contribution in [0, 0.1) is 23.7 Å². The molecule has 0 aromatic heterocycles. The lowest BCUT2D eigenvalue weighted by Crippen LogP contribution is -2.72. The molecule has 3 aliphatic rings. The van der Waals surface area contributed by atoms with Gasteiger partial charge in [0.2, 0.25) is 5.91 Å². The Hall–Kier alpha value is -2.91. The van der Waals surface area contributed by atoms with Gasteiger partial charge in [-0.2, -0.15) is 0 Å². The summed E-state index contributed by atoms with van der Waals surface area (Å²) in [5, 5.41) is 22.4. The standard InChI is InChI=1S/C24H27NO8/c1-3-4-8-33-14-7-5-6-11-10(2)15-18(20(28)16(11)14)22(30)24(32)12(19(15)27)9-13(26)17(21(24)29)23(25)31/h5-7,10,12,15,17-19,27,32H,3-4,8-9H2,1-2H3,(H2,25,31)/t10-,12+,15+,17?,18?,19+,24+/m0/s1. The molecule has 0 radical (unpaired) electrons. The van der Waals surface area contributed by atoms with Gasteiger partial charge in [-0.3, -0.25) is 24.0 Å². The molecule has 9 nitrogen and oxygen atoms in total. The first-order valence-electron chi connectivity index (χ1n) is 11.2. The zero-order valence-electron chi connectivity index (χ0n) is 18.4. The van der Waals surface area contributed by atoms with Crippen molar-refractivity contribution in [2.24, 2.45) is 29.4 Å². The quantitative estimate of drug-likeness (QED) is 0.421. The average molecular weight is 457 g/mol. The number of fused-ring (bicyclic) bond motifs is 3. The molecule has 2 saturated carbocycles. The molecule has 4 rings (SSSR count). The first kappa shape index (κ1) is 23.3. The summed E-state index contributed by atoms with van der Waals surface area (Å²) in [6, 6.07) is 5.07. The largest absolute Gasteiger partial charge is 0.493 e. The van der Waals surface area contributed by atoms with E-state index < -0.39 is 76.8 Å². The van der Waals surface area contributed by atoms with Gasteiger partial charge >= 0.3 is 0 Å². The van der Waals surface area contributed by atoms with Crippen molar-refractivity contribution < 1.29 is 38.9 Å². The summed E-state index contributed by atoms with van der Waals surface area (Å²) in [7, 11) is 0. The number of amides is 1. The highest BCUT2D eigenvalue weighted by Crippen LogP contribution is 2.53. The highest BCUT2D eigenvalue weighted by Gasteiger charge is 2.69. The Morgan fingerprint density at radius 2 is 1.91 bits per heavy atom. The molecular weight excluding hydrogens is 430 g/mol. The highest BCUT2D eigenvalue weighted by molar-refractivity contribution is 6.31. The molecule has 1 aromatic carbocycles. The smallest absolute Gasteiger partial charge is 0.235 e. The summed E-state index contributed by atoms with van der Waals surface area (Å²) in [4.78, 5) is 64.3. The van der Waals surface area contributed by atoms with Gasteiger partial charge in [0.1, 0.15) is 5.75 Å². The average Bonchev–Trinajstić information content (AvgIpc) is 2.76. The molecule has 7 atom stereocenters. The summed E-state index contributed by atoms with van der Waals surface area (Å²) < 4.78 is 5.79. The lowest BCUT2D eigenvalue weighted by Gasteiger charge is -2.52. The number of carbonyl (C=O) groups excluding carboxylic acids is 5. The van der Waals surface area contributed by atoms with Gasteiger partial charge in [-0.05, 0) is 24.0 Å². The minimum atomic E-state index is -2.85. The molecule has 1 aromatic rings. The first-order valence-corrected chi connectivity index (χ1v) is 11.2. The Morgan fingerprint density at radius 3 is 2.55 bits per heavy atom. The maximum atomic E-state index is 13.6. The third kappa shape index (κ3) is 3.17. The van der Waals surface area contributed by atoms with Gasteiger partial charge in [0.05, 0.1) is 24.2 Å². The van der Waals surface area contributed by atoms with E-state index in [4.69, 9.17) is 10.5 Å². The monoisotopic (exact) mass is 457 g/mol. The van der Waals surface area contributed by atoms with Gasteiger partial charge in [0.15, 0.2) is 34.7 Å². The molecule has 9 heteroatoms. The van der Waals surface area contributed by atoms with Crippen LogP contribution in [0.4, 0.5) is 0 Å². The molecule has 0 aliphatic heterocycles. The van der Waals surface area contributed by atoms with Gasteiger partial charge in [0.25, 0.3) is 0 Å². The van der Waals surface area contributed by atoms with Crippen LogP contribution in [0.25, 0.3) is 0 Å². The molecule has 2 unspecified atom stereocenters. The second-order valence-corrected chi connectivity index (χ2v) is 9.23. The lowest BCUT2D eigenvalue weighted by atomic mass is 9.50. The summed E-state index contributed by atoms with van der Waals surface area (Å²) in [5.74, 6) is -11.4. The van der Waals surface area contributed by atoms with Crippen LogP contribution < -0.4 is 10.5 Å². The summed E-state index contributed by atoms with van der Waals surface area (Å²) in [5.41, 5.74) is 3.12. The molecule has 0 heterocycles. The molecule has 4 N–H and O–H groups in total. The minimum absolute atomic E-state index is 0.190. The Bertz CT molecular complexity index is 1060. The van der Waals surface area contributed by atoms with Crippen molar-refractivity contribution in [3.8, 4) is 5.75 Å². The van der Waals surface area contributed by atoms with E-state index in [2.05, 4.69) is 0 Å². The molecule has 176 valence electrons. The zero-order chi connectivity index (χ0) is 24.2. The normalized spacial score (nSPS) is 35.5. The third-order valence-electron chi connectivity index (χ3n) is 7.46. The van der Waals surface area contributed by atoms with Crippen LogP contribution in [-0.2, 0) is 19.2 Å². The summed E-state index contributed by atoms with van der Waals surface area (Å²) in [6.45, 7) is 4.11. The lowest BCUT2D eigenvalue weighted by molar-refractivity contribution is -0.189. The van der Waals surface area contributed by atoms with Gasteiger partial charge in [-0.1, -0.05) is 32.4 Å². The summed E-state index contributed by atoms with van der Waals surface area (Å²) in [6.07, 6.45) is -0.434. The molecule has 3 aliphatic carbocycles. The van der Waals surface area contributed by atoms with Crippen molar-refractivity contribution >= 4 is 29.0 Å². The second-order valence-electron chi connectivity index (χ2n) is 9.23. The molecule has 0 bridgehead atoms. The molecule has 2 fully saturated rings. The van der Waals surface area contributed by atoms with Gasteiger partial charge in [-0.25, -0.2) is 0 Å². The fraction of sp³-hybridized carbons (Fsp3) is 0.542. The number of primary amides is 1.